The molecule has 0 aromatic carbocycles. The number of hydrogen-bond acceptors (Lipinski definition) is 4. The quantitative estimate of drug-likeness (QED) is 0.343. The minimum atomic E-state index is 0. The van der Waals surface area contributed by atoms with Crippen LogP contribution in [0, 0.1) is 0 Å². The molecule has 0 radical (unpaired) electrons. The fourth-order valence-electron chi connectivity index (χ4n) is 0.577. The Morgan fingerprint density at radius 2 is 0.500 bits per heavy atom. The largest absolute Gasteiger partial charge is 1.00 e. The summed E-state index contributed by atoms with van der Waals surface area (Å²) in [5.74, 6) is 0. The van der Waals surface area contributed by atoms with Gasteiger partial charge in [0.15, 0.2) is 0 Å². The molecule has 0 unspecified atom stereocenters. The van der Waals surface area contributed by atoms with Gasteiger partial charge in [-0.2, -0.15) is 0 Å². The molecule has 0 N–H and O–H groups in total. The van der Waals surface area contributed by atoms with Gasteiger partial charge in [-0.3, -0.25) is 0 Å². The molecule has 0 bridgehead atoms. The molecule has 0 aliphatic rings. The van der Waals surface area contributed by atoms with Crippen molar-refractivity contribution < 1.29 is 110 Å². The summed E-state index contributed by atoms with van der Waals surface area (Å²) in [6.07, 6.45) is 7.46. The maximum absolute atomic E-state index is 9.53. The van der Waals surface area contributed by atoms with Crippen molar-refractivity contribution in [3.8, 4) is 0 Å². The zero-order valence-corrected chi connectivity index (χ0v) is 21.3. The third-order valence-electron chi connectivity index (χ3n) is 1.99. The normalized spacial score (nSPS) is 7.00. The maximum atomic E-state index is 9.53. The molecule has 0 fully saturated rings. The van der Waals surface area contributed by atoms with Gasteiger partial charge >= 0.3 is 89.5 Å². The third-order valence-corrected chi connectivity index (χ3v) is 1.99. The van der Waals surface area contributed by atoms with Crippen LogP contribution in [0.4, 0.5) is 0 Å². The number of rotatable bonds is 8. The molecule has 0 atom stereocenters. The fraction of sp³-hybridized carbons (Fsp3) is 1.00. The van der Waals surface area contributed by atoms with Crippen molar-refractivity contribution in [2.75, 3.05) is 26.4 Å². The Morgan fingerprint density at radius 1 is 0.375 bits per heavy atom. The first-order valence-electron chi connectivity index (χ1n) is 7.98. The van der Waals surface area contributed by atoms with Crippen molar-refractivity contribution in [3.05, 3.63) is 0 Å². The second-order valence-corrected chi connectivity index (χ2v) is 4.23. The first-order chi connectivity index (χ1) is 9.66. The Balaban J connectivity index is -0.0000000225. The van der Waals surface area contributed by atoms with E-state index in [0.29, 0.717) is 0 Å². The van der Waals surface area contributed by atoms with Crippen LogP contribution in [0.25, 0.3) is 0 Å². The predicted molar refractivity (Wildman–Crippen MR) is 79.1 cm³/mol. The molecule has 0 aromatic rings. The van der Waals surface area contributed by atoms with Crippen LogP contribution in [-0.2, 0) is 89.5 Å². The molecule has 0 amide bonds. The Kier molecular flexibility index (Phi) is 152. The van der Waals surface area contributed by atoms with Gasteiger partial charge in [0.2, 0.25) is 0 Å². The minimum absolute atomic E-state index is 0. The van der Waals surface area contributed by atoms with Crippen molar-refractivity contribution in [3.63, 3.8) is 0 Å². The van der Waals surface area contributed by atoms with E-state index in [9.17, 15) is 20.4 Å². The van der Waals surface area contributed by atoms with Crippen LogP contribution in [0.1, 0.15) is 79.1 Å². The van der Waals surface area contributed by atoms with Crippen LogP contribution >= 0.6 is 0 Å². The van der Waals surface area contributed by atoms with E-state index < -0.39 is 0 Å². The second-order valence-electron chi connectivity index (χ2n) is 4.23. The molecule has 0 aromatic heterocycles. The van der Waals surface area contributed by atoms with Crippen LogP contribution in [0.2, 0.25) is 0 Å². The van der Waals surface area contributed by atoms with Crippen LogP contribution in [-0.4, -0.2) is 26.4 Å². The van der Waals surface area contributed by atoms with Gasteiger partial charge < -0.3 is 20.4 Å². The van der Waals surface area contributed by atoms with Gasteiger partial charge in [-0.1, -0.05) is 79.1 Å². The second kappa shape index (κ2) is 72.4. The minimum Gasteiger partial charge on any atom is -0.854 e. The first-order valence-corrected chi connectivity index (χ1v) is 7.98. The zero-order chi connectivity index (χ0) is 16.5. The summed E-state index contributed by atoms with van der Waals surface area (Å²) >= 11 is 0. The SMILES string of the molecule is CCCC[O-].CCCC[O-].CCCC[O-].CCCC[O-].[Ag+].[Ag+].[Ag+].[Ag+]. The van der Waals surface area contributed by atoms with E-state index in [1.165, 1.54) is 0 Å². The molecular weight excluding hydrogens is 688 g/mol. The summed E-state index contributed by atoms with van der Waals surface area (Å²) < 4.78 is 0. The molecule has 0 spiro atoms. The Bertz CT molecular complexity index is 84.1. The molecule has 168 valence electrons. The smallest absolute Gasteiger partial charge is 0.854 e. The maximum Gasteiger partial charge on any atom is 1.00 e. The van der Waals surface area contributed by atoms with Gasteiger partial charge in [0.1, 0.15) is 0 Å². The van der Waals surface area contributed by atoms with Crippen molar-refractivity contribution in [1.82, 2.24) is 0 Å². The summed E-state index contributed by atoms with van der Waals surface area (Å²) in [6.45, 7) is 8.42. The summed E-state index contributed by atoms with van der Waals surface area (Å²) in [4.78, 5) is 0. The summed E-state index contributed by atoms with van der Waals surface area (Å²) in [6, 6.07) is 0. The van der Waals surface area contributed by atoms with Gasteiger partial charge in [0.25, 0.3) is 0 Å². The van der Waals surface area contributed by atoms with Gasteiger partial charge in [-0.05, 0) is 0 Å². The van der Waals surface area contributed by atoms with Crippen LogP contribution < -0.4 is 20.4 Å². The first kappa shape index (κ1) is 50.5. The van der Waals surface area contributed by atoms with E-state index >= 15 is 0 Å². The number of unbranched alkanes of at least 4 members (excludes halogenated alkanes) is 4. The molecule has 0 heterocycles. The Hall–Kier alpha value is 2.80. The third kappa shape index (κ3) is 120. The van der Waals surface area contributed by atoms with Crippen LogP contribution in [0.15, 0.2) is 0 Å². The molecule has 0 saturated heterocycles. The molecule has 0 saturated carbocycles. The van der Waals surface area contributed by atoms with E-state index in [4.69, 9.17) is 0 Å². The topological polar surface area (TPSA) is 92.2 Å². The summed E-state index contributed by atoms with van der Waals surface area (Å²) in [5, 5.41) is 38.1. The van der Waals surface area contributed by atoms with Gasteiger partial charge in [-0.15, -0.1) is 26.4 Å². The van der Waals surface area contributed by atoms with E-state index in [0.717, 1.165) is 51.4 Å². The summed E-state index contributed by atoms with van der Waals surface area (Å²) in [5.41, 5.74) is 0. The molecule has 24 heavy (non-hydrogen) atoms. The van der Waals surface area contributed by atoms with E-state index in [1.807, 2.05) is 27.7 Å². The van der Waals surface area contributed by atoms with Crippen LogP contribution in [0.3, 0.4) is 0 Å². The molecule has 0 aliphatic carbocycles. The van der Waals surface area contributed by atoms with Crippen molar-refractivity contribution in [2.45, 2.75) is 79.1 Å². The van der Waals surface area contributed by atoms with Gasteiger partial charge in [-0.25, -0.2) is 0 Å². The fourth-order valence-corrected chi connectivity index (χ4v) is 0.577. The molecule has 0 aliphatic heterocycles. The van der Waals surface area contributed by atoms with Crippen molar-refractivity contribution in [1.29, 1.82) is 0 Å². The predicted octanol–water partition coefficient (Wildman–Crippen LogP) is 0.577. The van der Waals surface area contributed by atoms with E-state index in [1.54, 1.807) is 0 Å². The average Bonchev–Trinajstić information content (AvgIpc) is 2.44. The van der Waals surface area contributed by atoms with Gasteiger partial charge in [0.05, 0.1) is 0 Å². The van der Waals surface area contributed by atoms with Gasteiger partial charge in [0, 0.05) is 0 Å². The Labute approximate surface area is 213 Å². The van der Waals surface area contributed by atoms with Crippen molar-refractivity contribution >= 4 is 0 Å². The number of hydrogen-bond donors (Lipinski definition) is 0. The molecule has 8 heteroatoms. The molecular formula is C16H36Ag4O4. The van der Waals surface area contributed by atoms with E-state index in [2.05, 4.69) is 0 Å². The monoisotopic (exact) mass is 720 g/mol. The molecule has 0 rings (SSSR count). The molecule has 4 nitrogen and oxygen atoms in total. The summed E-state index contributed by atoms with van der Waals surface area (Å²) in [7, 11) is 0. The van der Waals surface area contributed by atoms with Crippen LogP contribution in [0.5, 0.6) is 0 Å². The van der Waals surface area contributed by atoms with E-state index in [-0.39, 0.29) is 116 Å². The average molecular weight is 724 g/mol. The Morgan fingerprint density at radius 3 is 0.500 bits per heavy atom. The zero-order valence-electron chi connectivity index (χ0n) is 15.3. The standard InChI is InChI=1S/4C4H9O.4Ag/c4*1-2-3-4-5;;;;/h4*2-4H2,1H3;;;;/q4*-1;4*+1. The van der Waals surface area contributed by atoms with Crippen molar-refractivity contribution in [2.24, 2.45) is 0 Å².